The Morgan fingerprint density at radius 2 is 2.00 bits per heavy atom. The normalized spacial score (nSPS) is 19.6. The number of allylic oxidation sites excluding steroid dienone is 1. The summed E-state index contributed by atoms with van der Waals surface area (Å²) in [6.07, 6.45) is 10.0. The van der Waals surface area contributed by atoms with Gasteiger partial charge in [-0.15, -0.1) is 0 Å². The van der Waals surface area contributed by atoms with Gasteiger partial charge in [-0.05, 0) is 68.2 Å². The molecule has 1 amide bonds. The molecule has 0 bridgehead atoms. The Hall–Kier alpha value is -4.96. The van der Waals surface area contributed by atoms with Crippen molar-refractivity contribution in [2.45, 2.75) is 31.7 Å². The second-order valence-corrected chi connectivity index (χ2v) is 12.4. The number of nitrogens with two attached hydrogens (primary N) is 1. The average molecular weight is 621 g/mol. The van der Waals surface area contributed by atoms with Crippen LogP contribution in [0.1, 0.15) is 36.0 Å². The molecule has 3 aliphatic heterocycles. The van der Waals surface area contributed by atoms with Gasteiger partial charge in [-0.2, -0.15) is 0 Å². The maximum absolute atomic E-state index is 16.2. The van der Waals surface area contributed by atoms with E-state index in [-0.39, 0.29) is 28.3 Å². The molecule has 4 aromatic rings. The highest BCUT2D eigenvalue weighted by Crippen LogP contribution is 2.48. The molecule has 2 saturated heterocycles. The number of benzene rings is 3. The highest BCUT2D eigenvalue weighted by Gasteiger charge is 2.34. The molecule has 3 N–H and O–H groups in total. The Bertz CT molecular complexity index is 2000. The number of hydrogen-bond acceptors (Lipinski definition) is 7. The molecular weight excluding hydrogens is 583 g/mol. The molecule has 7 rings (SSSR count). The zero-order chi connectivity index (χ0) is 31.9. The number of likely N-dealkylation sites (tertiary alicyclic amines) is 1. The number of amides is 1. The minimum Gasteiger partial charge on any atom is -0.451 e. The van der Waals surface area contributed by atoms with Crippen molar-refractivity contribution in [3.8, 4) is 17.2 Å². The summed E-state index contributed by atoms with van der Waals surface area (Å²) in [5.41, 5.74) is 7.72. The number of ether oxygens (including phenoxy) is 1. The first-order valence-corrected chi connectivity index (χ1v) is 15.8. The maximum Gasteiger partial charge on any atom is 0.256 e. The molecule has 1 aromatic heterocycles. The van der Waals surface area contributed by atoms with Crippen molar-refractivity contribution in [1.29, 1.82) is 0 Å². The highest BCUT2D eigenvalue weighted by atomic mass is 19.1. The molecule has 236 valence electrons. The summed E-state index contributed by atoms with van der Waals surface area (Å²) in [6.45, 7) is 6.11. The predicted octanol–water partition coefficient (Wildman–Crippen LogP) is 5.49. The number of fused-ring (bicyclic) bond motifs is 3. The fraction of sp³-hybridized carbons (Fsp3) is 0.306. The number of hydrogen-bond donors (Lipinski definition) is 2. The lowest BCUT2D eigenvalue weighted by molar-refractivity contribution is 0.0949. The number of carbonyl (C=O) groups is 1. The van der Waals surface area contributed by atoms with Crippen molar-refractivity contribution >= 4 is 39.5 Å². The van der Waals surface area contributed by atoms with E-state index in [1.165, 1.54) is 6.07 Å². The molecule has 0 saturated carbocycles. The van der Waals surface area contributed by atoms with Gasteiger partial charge in [0.05, 0.1) is 11.1 Å². The van der Waals surface area contributed by atoms with Gasteiger partial charge in [0, 0.05) is 55.9 Å². The van der Waals surface area contributed by atoms with E-state index in [4.69, 9.17) is 10.5 Å². The topological polar surface area (TPSA) is 105 Å². The lowest BCUT2D eigenvalue weighted by Crippen LogP contribution is -2.34. The number of anilines is 1. The maximum atomic E-state index is 16.2. The van der Waals surface area contributed by atoms with Crippen LogP contribution in [0.4, 0.5) is 10.1 Å². The minimum atomic E-state index is -0.593. The van der Waals surface area contributed by atoms with Crippen LogP contribution in [0.3, 0.4) is 0 Å². The van der Waals surface area contributed by atoms with E-state index < -0.39 is 17.2 Å². The van der Waals surface area contributed by atoms with Gasteiger partial charge in [-0.25, -0.2) is 4.39 Å². The van der Waals surface area contributed by atoms with Crippen molar-refractivity contribution in [1.82, 2.24) is 14.8 Å². The van der Waals surface area contributed by atoms with E-state index in [0.717, 1.165) is 36.6 Å². The van der Waals surface area contributed by atoms with Crippen molar-refractivity contribution in [3.63, 3.8) is 0 Å². The van der Waals surface area contributed by atoms with Crippen LogP contribution in [-0.4, -0.2) is 60.9 Å². The Labute approximate surface area is 266 Å². The molecule has 10 heteroatoms. The Morgan fingerprint density at radius 1 is 1.20 bits per heavy atom. The van der Waals surface area contributed by atoms with E-state index >= 15 is 4.39 Å². The summed E-state index contributed by atoms with van der Waals surface area (Å²) in [4.78, 5) is 35.8. The van der Waals surface area contributed by atoms with E-state index in [0.29, 0.717) is 54.7 Å². The van der Waals surface area contributed by atoms with E-state index in [9.17, 15) is 9.59 Å². The van der Waals surface area contributed by atoms with Crippen LogP contribution >= 0.6 is 0 Å². The molecule has 1 unspecified atom stereocenters. The van der Waals surface area contributed by atoms with Gasteiger partial charge < -0.3 is 30.2 Å². The molecular formula is C36H37FN6O3. The smallest absolute Gasteiger partial charge is 0.256 e. The zero-order valence-corrected chi connectivity index (χ0v) is 25.8. The summed E-state index contributed by atoms with van der Waals surface area (Å²) in [5.74, 6) is -0.349. The molecule has 3 aliphatic rings. The van der Waals surface area contributed by atoms with Gasteiger partial charge in [-0.3, -0.25) is 14.6 Å². The van der Waals surface area contributed by atoms with Crippen molar-refractivity contribution in [3.05, 3.63) is 94.8 Å². The SMILES string of the molecule is C=CC=N/C=C(\N)C1CCN(c2c(F)cc3c(=O)c(C(=O)NCC[C@@H]4CCCN4C)cn4c3c2Oc2cc3ccccc3cc2-4)C1. The first-order chi connectivity index (χ1) is 22.3. The number of nitrogens with zero attached hydrogens (tertiary/aromatic N) is 4. The summed E-state index contributed by atoms with van der Waals surface area (Å²) in [6, 6.07) is 13.4. The molecule has 4 heterocycles. The number of nitrogens with one attached hydrogen (secondary N) is 1. The van der Waals surface area contributed by atoms with Crippen molar-refractivity contribution in [2.24, 2.45) is 16.6 Å². The second kappa shape index (κ2) is 12.1. The monoisotopic (exact) mass is 620 g/mol. The highest BCUT2D eigenvalue weighted by molar-refractivity contribution is 6.02. The molecule has 2 fully saturated rings. The van der Waals surface area contributed by atoms with Gasteiger partial charge in [0.2, 0.25) is 5.43 Å². The van der Waals surface area contributed by atoms with Crippen LogP contribution in [0.15, 0.2) is 83.0 Å². The van der Waals surface area contributed by atoms with E-state index in [2.05, 4.69) is 28.8 Å². The number of pyridine rings is 1. The van der Waals surface area contributed by atoms with Crippen LogP contribution in [0.5, 0.6) is 11.5 Å². The molecule has 2 atom stereocenters. The number of halogens is 1. The van der Waals surface area contributed by atoms with Crippen LogP contribution in [0.25, 0.3) is 27.4 Å². The average Bonchev–Trinajstić information content (AvgIpc) is 3.70. The molecule has 0 aliphatic carbocycles. The number of aromatic nitrogens is 1. The third kappa shape index (κ3) is 5.22. The van der Waals surface area contributed by atoms with Crippen LogP contribution in [-0.2, 0) is 0 Å². The zero-order valence-electron chi connectivity index (χ0n) is 25.8. The lowest BCUT2D eigenvalue weighted by atomic mass is 10.0. The first kappa shape index (κ1) is 29.7. The quantitative estimate of drug-likeness (QED) is 0.223. The molecule has 0 radical (unpaired) electrons. The van der Waals surface area contributed by atoms with E-state index in [1.54, 1.807) is 24.7 Å². The third-order valence-electron chi connectivity index (χ3n) is 9.54. The summed E-state index contributed by atoms with van der Waals surface area (Å²) in [5, 5.41) is 4.96. The Morgan fingerprint density at radius 3 is 2.76 bits per heavy atom. The second-order valence-electron chi connectivity index (χ2n) is 12.4. The minimum absolute atomic E-state index is 0.0365. The fourth-order valence-corrected chi connectivity index (χ4v) is 7.07. The number of carbonyl (C=O) groups excluding carboxylic acids is 1. The number of aliphatic imine (C=N–C) groups is 1. The molecule has 9 nitrogen and oxygen atoms in total. The fourth-order valence-electron chi connectivity index (χ4n) is 7.07. The molecule has 3 aromatic carbocycles. The summed E-state index contributed by atoms with van der Waals surface area (Å²) >= 11 is 0. The summed E-state index contributed by atoms with van der Waals surface area (Å²) in [7, 11) is 2.09. The van der Waals surface area contributed by atoms with Crippen LogP contribution < -0.4 is 26.1 Å². The van der Waals surface area contributed by atoms with Crippen molar-refractivity contribution < 1.29 is 13.9 Å². The van der Waals surface area contributed by atoms with Crippen LogP contribution in [0.2, 0.25) is 0 Å². The van der Waals surface area contributed by atoms with Gasteiger partial charge in [0.25, 0.3) is 5.91 Å². The van der Waals surface area contributed by atoms with Crippen molar-refractivity contribution in [2.75, 3.05) is 38.1 Å². The Balaban J connectivity index is 1.32. The number of rotatable bonds is 8. The standard InChI is InChI=1S/C36H37FN6O3/c1-3-12-39-19-29(38)24-11-15-42(20-24)33-28(37)18-26-32-35(33)46-31-17-23-8-5-4-7-22(23)16-30(31)43(32)21-27(34(26)44)36(45)40-13-10-25-9-6-14-41(25)2/h3-5,7-8,12,16-19,21,24-25H,1,6,9-11,13-15,20,38H2,2H3,(H,40,45)/b29-19-,39-12?/t24?,25-/m0/s1. The van der Waals surface area contributed by atoms with Gasteiger partial charge in [-0.1, -0.05) is 36.9 Å². The van der Waals surface area contributed by atoms with E-state index in [1.807, 2.05) is 45.9 Å². The first-order valence-electron chi connectivity index (χ1n) is 15.8. The molecule has 46 heavy (non-hydrogen) atoms. The molecule has 0 spiro atoms. The Kier molecular flexibility index (Phi) is 7.82. The van der Waals surface area contributed by atoms with Crippen LogP contribution in [0, 0.1) is 11.7 Å². The predicted molar refractivity (Wildman–Crippen MR) is 181 cm³/mol. The summed E-state index contributed by atoms with van der Waals surface area (Å²) < 4.78 is 24.6. The largest absolute Gasteiger partial charge is 0.451 e. The lowest BCUT2D eigenvalue weighted by Gasteiger charge is -2.29. The van der Waals surface area contributed by atoms with Gasteiger partial charge in [0.15, 0.2) is 17.3 Å². The van der Waals surface area contributed by atoms with Gasteiger partial charge >= 0.3 is 0 Å². The van der Waals surface area contributed by atoms with Gasteiger partial charge in [0.1, 0.15) is 16.8 Å². The third-order valence-corrected chi connectivity index (χ3v) is 9.54.